The number of hydrogen-bond acceptors (Lipinski definition) is 3. The van der Waals surface area contributed by atoms with Gasteiger partial charge in [0.05, 0.1) is 16.7 Å². The zero-order valence-corrected chi connectivity index (χ0v) is 9.39. The molecule has 5 heteroatoms. The Labute approximate surface area is 95.7 Å². The summed E-state index contributed by atoms with van der Waals surface area (Å²) in [6, 6.07) is 3.14. The van der Waals surface area contributed by atoms with Crippen LogP contribution >= 0.6 is 11.3 Å². The van der Waals surface area contributed by atoms with Gasteiger partial charge < -0.3 is 5.73 Å². The van der Waals surface area contributed by atoms with Crippen LogP contribution in [0.5, 0.6) is 0 Å². The van der Waals surface area contributed by atoms with Crippen LogP contribution < -0.4 is 5.73 Å². The molecule has 2 nitrogen and oxygen atoms in total. The van der Waals surface area contributed by atoms with E-state index in [0.717, 1.165) is 17.1 Å². The summed E-state index contributed by atoms with van der Waals surface area (Å²) in [6.45, 7) is 1.87. The highest BCUT2D eigenvalue weighted by atomic mass is 32.1. The van der Waals surface area contributed by atoms with Crippen LogP contribution in [0, 0.1) is 18.6 Å². The molecule has 0 radical (unpaired) electrons. The van der Waals surface area contributed by atoms with Gasteiger partial charge in [-0.15, -0.1) is 11.3 Å². The Balaban J connectivity index is 2.33. The molecule has 1 aromatic carbocycles. The summed E-state index contributed by atoms with van der Waals surface area (Å²) in [6.07, 6.45) is 0. The van der Waals surface area contributed by atoms with Crippen molar-refractivity contribution in [3.05, 3.63) is 51.5 Å². The monoisotopic (exact) mass is 240 g/mol. The van der Waals surface area contributed by atoms with Crippen LogP contribution in [0.4, 0.5) is 8.78 Å². The second-order valence-corrected chi connectivity index (χ2v) is 4.50. The minimum absolute atomic E-state index is 0.514. The molecule has 0 bridgehead atoms. The maximum Gasteiger partial charge on any atom is 0.159 e. The summed E-state index contributed by atoms with van der Waals surface area (Å²) < 4.78 is 25.8. The molecule has 0 aliphatic carbocycles. The molecule has 0 aliphatic heterocycles. The molecule has 16 heavy (non-hydrogen) atoms. The van der Waals surface area contributed by atoms with E-state index in [9.17, 15) is 8.78 Å². The molecule has 1 aromatic heterocycles. The van der Waals surface area contributed by atoms with Gasteiger partial charge in [-0.2, -0.15) is 0 Å². The Morgan fingerprint density at radius 2 is 2.06 bits per heavy atom. The SMILES string of the molecule is Cc1nc(C(N)c2ccc(F)c(F)c2)cs1. The van der Waals surface area contributed by atoms with Crippen LogP contribution in [0.2, 0.25) is 0 Å². The van der Waals surface area contributed by atoms with Crippen molar-refractivity contribution in [3.8, 4) is 0 Å². The van der Waals surface area contributed by atoms with Crippen molar-refractivity contribution in [2.24, 2.45) is 5.73 Å². The van der Waals surface area contributed by atoms with E-state index in [1.54, 1.807) is 0 Å². The third-order valence-electron chi connectivity index (χ3n) is 2.26. The molecule has 0 aliphatic rings. The number of halogens is 2. The second kappa shape index (κ2) is 4.27. The maximum atomic E-state index is 13.0. The average molecular weight is 240 g/mol. The summed E-state index contributed by atoms with van der Waals surface area (Å²) in [5.74, 6) is -1.76. The molecule has 2 N–H and O–H groups in total. The van der Waals surface area contributed by atoms with E-state index in [4.69, 9.17) is 5.73 Å². The van der Waals surface area contributed by atoms with Crippen LogP contribution in [0.15, 0.2) is 23.6 Å². The van der Waals surface area contributed by atoms with E-state index < -0.39 is 17.7 Å². The zero-order chi connectivity index (χ0) is 11.7. The molecule has 2 rings (SSSR count). The summed E-state index contributed by atoms with van der Waals surface area (Å²) >= 11 is 1.48. The first-order chi connectivity index (χ1) is 7.58. The fourth-order valence-corrected chi connectivity index (χ4v) is 2.05. The maximum absolute atomic E-state index is 13.0. The normalized spacial score (nSPS) is 12.8. The molecule has 84 valence electrons. The molecule has 1 heterocycles. The Morgan fingerprint density at radius 3 is 2.62 bits per heavy atom. The smallest absolute Gasteiger partial charge is 0.159 e. The van der Waals surface area contributed by atoms with Crippen LogP contribution in [-0.2, 0) is 0 Å². The van der Waals surface area contributed by atoms with E-state index in [0.29, 0.717) is 11.3 Å². The second-order valence-electron chi connectivity index (χ2n) is 3.44. The number of hydrogen-bond donors (Lipinski definition) is 1. The number of aryl methyl sites for hydroxylation is 1. The van der Waals surface area contributed by atoms with Gasteiger partial charge in [0.1, 0.15) is 0 Å². The van der Waals surface area contributed by atoms with E-state index in [2.05, 4.69) is 4.98 Å². The zero-order valence-electron chi connectivity index (χ0n) is 8.58. The molecule has 2 aromatic rings. The minimum Gasteiger partial charge on any atom is -0.319 e. The van der Waals surface area contributed by atoms with Crippen molar-refractivity contribution in [3.63, 3.8) is 0 Å². The number of thiazole rings is 1. The van der Waals surface area contributed by atoms with Crippen LogP contribution in [0.25, 0.3) is 0 Å². The Hall–Kier alpha value is -1.33. The number of aromatic nitrogens is 1. The Kier molecular flexibility index (Phi) is 2.98. The molecular weight excluding hydrogens is 230 g/mol. The third-order valence-corrected chi connectivity index (χ3v) is 3.05. The van der Waals surface area contributed by atoms with E-state index in [1.807, 2.05) is 12.3 Å². The quantitative estimate of drug-likeness (QED) is 0.876. The van der Waals surface area contributed by atoms with Gasteiger partial charge >= 0.3 is 0 Å². The highest BCUT2D eigenvalue weighted by Crippen LogP contribution is 2.22. The van der Waals surface area contributed by atoms with Gasteiger partial charge in [0.15, 0.2) is 11.6 Å². The van der Waals surface area contributed by atoms with Crippen molar-refractivity contribution < 1.29 is 8.78 Å². The lowest BCUT2D eigenvalue weighted by Gasteiger charge is -2.09. The Bertz CT molecular complexity index is 510. The predicted octanol–water partition coefficient (Wildman–Crippen LogP) is 2.78. The van der Waals surface area contributed by atoms with Crippen molar-refractivity contribution in [2.45, 2.75) is 13.0 Å². The lowest BCUT2D eigenvalue weighted by atomic mass is 10.1. The fourth-order valence-electron chi connectivity index (χ4n) is 1.40. The molecule has 0 saturated heterocycles. The van der Waals surface area contributed by atoms with Gasteiger partial charge in [-0.05, 0) is 24.6 Å². The first kappa shape index (κ1) is 11.2. The van der Waals surface area contributed by atoms with Gasteiger partial charge in [0.25, 0.3) is 0 Å². The third kappa shape index (κ3) is 2.10. The number of rotatable bonds is 2. The molecular formula is C11H10F2N2S. The molecule has 1 unspecified atom stereocenters. The Morgan fingerprint density at radius 1 is 1.31 bits per heavy atom. The summed E-state index contributed by atoms with van der Waals surface area (Å²) in [5, 5.41) is 2.72. The molecule has 0 amide bonds. The standard InChI is InChI=1S/C11H10F2N2S/c1-6-15-10(5-16-6)11(14)7-2-3-8(12)9(13)4-7/h2-5,11H,14H2,1H3. The number of benzene rings is 1. The van der Waals surface area contributed by atoms with Gasteiger partial charge in [-0.3, -0.25) is 0 Å². The fraction of sp³-hybridized carbons (Fsp3) is 0.182. The largest absolute Gasteiger partial charge is 0.319 e. The van der Waals surface area contributed by atoms with Crippen LogP contribution in [0.1, 0.15) is 22.3 Å². The first-order valence-electron chi connectivity index (χ1n) is 4.70. The average Bonchev–Trinajstić information content (AvgIpc) is 2.68. The van der Waals surface area contributed by atoms with Crippen LogP contribution in [-0.4, -0.2) is 4.98 Å². The lowest BCUT2D eigenvalue weighted by Crippen LogP contribution is -2.12. The highest BCUT2D eigenvalue weighted by molar-refractivity contribution is 7.09. The predicted molar refractivity (Wildman–Crippen MR) is 59.2 cm³/mol. The van der Waals surface area contributed by atoms with Crippen LogP contribution in [0.3, 0.4) is 0 Å². The molecule has 1 atom stereocenters. The van der Waals surface area contributed by atoms with Crippen molar-refractivity contribution >= 4 is 11.3 Å². The van der Waals surface area contributed by atoms with Gasteiger partial charge in [-0.1, -0.05) is 6.07 Å². The molecule has 0 spiro atoms. The molecule has 0 fully saturated rings. The number of nitrogens with two attached hydrogens (primary N) is 1. The van der Waals surface area contributed by atoms with Crippen molar-refractivity contribution in [1.82, 2.24) is 4.98 Å². The van der Waals surface area contributed by atoms with E-state index in [1.165, 1.54) is 17.4 Å². The van der Waals surface area contributed by atoms with Gasteiger partial charge in [-0.25, -0.2) is 13.8 Å². The van der Waals surface area contributed by atoms with E-state index >= 15 is 0 Å². The van der Waals surface area contributed by atoms with Gasteiger partial charge in [0.2, 0.25) is 0 Å². The molecule has 0 saturated carbocycles. The minimum atomic E-state index is -0.889. The van der Waals surface area contributed by atoms with Crippen molar-refractivity contribution in [1.29, 1.82) is 0 Å². The van der Waals surface area contributed by atoms with E-state index in [-0.39, 0.29) is 0 Å². The van der Waals surface area contributed by atoms with Gasteiger partial charge in [0, 0.05) is 5.38 Å². The topological polar surface area (TPSA) is 38.9 Å². The number of nitrogens with zero attached hydrogens (tertiary/aromatic N) is 1. The summed E-state index contributed by atoms with van der Waals surface area (Å²) in [5.41, 5.74) is 7.10. The summed E-state index contributed by atoms with van der Waals surface area (Å²) in [7, 11) is 0. The lowest BCUT2D eigenvalue weighted by molar-refractivity contribution is 0.506. The highest BCUT2D eigenvalue weighted by Gasteiger charge is 2.13. The summed E-state index contributed by atoms with van der Waals surface area (Å²) in [4.78, 5) is 4.22. The first-order valence-corrected chi connectivity index (χ1v) is 5.58. The van der Waals surface area contributed by atoms with Crippen molar-refractivity contribution in [2.75, 3.05) is 0 Å².